The maximum Gasteiger partial charge on any atom is 0.374 e. The van der Waals surface area contributed by atoms with E-state index in [0.29, 0.717) is 0 Å². The summed E-state index contributed by atoms with van der Waals surface area (Å²) in [6.07, 6.45) is 4.61. The molecule has 6 heteroatoms. The molecule has 82 valence electrons. The van der Waals surface area contributed by atoms with Crippen LogP contribution in [0.1, 0.15) is 18.6 Å². The third-order valence-electron chi connectivity index (χ3n) is 2.11. The van der Waals surface area contributed by atoms with E-state index in [1.54, 1.807) is 19.2 Å². The molecule has 0 bridgehead atoms. The molecule has 1 rings (SSSR count). The van der Waals surface area contributed by atoms with Gasteiger partial charge in [-0.15, -0.1) is 0 Å². The molecule has 0 aliphatic carbocycles. The van der Waals surface area contributed by atoms with Crippen molar-refractivity contribution in [3.05, 3.63) is 18.7 Å². The van der Waals surface area contributed by atoms with Gasteiger partial charge >= 0.3 is 7.05 Å². The summed E-state index contributed by atoms with van der Waals surface area (Å²) >= 11 is 0. The number of hydrogen-bond acceptors (Lipinski definition) is 4. The Balaban J connectivity index is 2.76. The summed E-state index contributed by atoms with van der Waals surface area (Å²) in [4.78, 5) is 15.7. The monoisotopic (exact) mass is 209 g/mol. The lowest BCUT2D eigenvalue weighted by Crippen LogP contribution is -2.49. The minimum absolute atomic E-state index is 0.106. The van der Waals surface area contributed by atoms with Gasteiger partial charge in [-0.2, -0.15) is 0 Å². The normalized spacial score (nSPS) is 12.9. The van der Waals surface area contributed by atoms with Crippen LogP contribution in [0.2, 0.25) is 6.82 Å². The number of carbonyl (C=O) groups excluding carboxylic acids is 1. The van der Waals surface area contributed by atoms with Crippen LogP contribution < -0.4 is 5.23 Å². The molecule has 5 nitrogen and oxygen atoms in total. The lowest BCUT2D eigenvalue weighted by molar-refractivity contribution is 0.0843. The van der Waals surface area contributed by atoms with Gasteiger partial charge in [0, 0.05) is 12.4 Å². The molecule has 0 fully saturated rings. The van der Waals surface area contributed by atoms with E-state index in [1.165, 1.54) is 10.9 Å². The lowest BCUT2D eigenvalue weighted by atomic mass is 9.85. The molecule has 0 saturated heterocycles. The molecule has 15 heavy (non-hydrogen) atoms. The molecule has 0 saturated carbocycles. The van der Waals surface area contributed by atoms with Crippen LogP contribution in [0.4, 0.5) is 0 Å². The van der Waals surface area contributed by atoms with Crippen molar-refractivity contribution >= 4 is 13.0 Å². The highest BCUT2D eigenvalue weighted by Gasteiger charge is 2.25. The number of rotatable bonds is 4. The standard InChI is InChI=1S/C9H16BN3O2/c1-7(2)8(12-10(3)15)9(14)13-5-4-11-6-13/h4-8,12,15H,1-3H3. The first-order valence-corrected chi connectivity index (χ1v) is 4.98. The predicted molar refractivity (Wildman–Crippen MR) is 58.5 cm³/mol. The van der Waals surface area contributed by atoms with Gasteiger partial charge < -0.3 is 10.3 Å². The van der Waals surface area contributed by atoms with Crippen molar-refractivity contribution < 1.29 is 9.82 Å². The Morgan fingerprint density at radius 3 is 2.67 bits per heavy atom. The average molecular weight is 209 g/mol. The molecule has 0 amide bonds. The minimum Gasteiger partial charge on any atom is -0.437 e. The van der Waals surface area contributed by atoms with Crippen molar-refractivity contribution in [2.45, 2.75) is 26.7 Å². The van der Waals surface area contributed by atoms with Gasteiger partial charge in [0.2, 0.25) is 5.91 Å². The lowest BCUT2D eigenvalue weighted by Gasteiger charge is -2.21. The van der Waals surface area contributed by atoms with Gasteiger partial charge in [0.05, 0.1) is 6.04 Å². The van der Waals surface area contributed by atoms with E-state index >= 15 is 0 Å². The van der Waals surface area contributed by atoms with Crippen LogP contribution in [0.15, 0.2) is 18.7 Å². The SMILES string of the molecule is CB(O)NC(C(=O)n1ccnc1)C(C)C. The number of nitrogens with one attached hydrogen (secondary N) is 1. The Hall–Kier alpha value is -1.14. The molecular weight excluding hydrogens is 193 g/mol. The van der Waals surface area contributed by atoms with Crippen molar-refractivity contribution in [3.8, 4) is 0 Å². The van der Waals surface area contributed by atoms with Crippen molar-refractivity contribution in [2.75, 3.05) is 0 Å². The zero-order valence-electron chi connectivity index (χ0n) is 9.21. The highest BCUT2D eigenvalue weighted by molar-refractivity contribution is 6.46. The third kappa shape index (κ3) is 3.18. The summed E-state index contributed by atoms with van der Waals surface area (Å²) in [7, 11) is -0.704. The van der Waals surface area contributed by atoms with Crippen molar-refractivity contribution in [3.63, 3.8) is 0 Å². The summed E-state index contributed by atoms with van der Waals surface area (Å²) in [5.41, 5.74) is 0. The molecule has 1 aromatic heterocycles. The van der Waals surface area contributed by atoms with Crippen molar-refractivity contribution in [2.24, 2.45) is 5.92 Å². The molecule has 2 N–H and O–H groups in total. The van der Waals surface area contributed by atoms with E-state index in [9.17, 15) is 9.82 Å². The number of carbonyl (C=O) groups is 1. The fourth-order valence-corrected chi connectivity index (χ4v) is 1.36. The third-order valence-corrected chi connectivity index (χ3v) is 2.11. The molecule has 1 atom stereocenters. The second-order valence-corrected chi connectivity index (χ2v) is 3.87. The number of hydrogen-bond donors (Lipinski definition) is 2. The van der Waals surface area contributed by atoms with Gasteiger partial charge in [-0.1, -0.05) is 13.8 Å². The van der Waals surface area contributed by atoms with Crippen LogP contribution in [0.5, 0.6) is 0 Å². The minimum atomic E-state index is -0.704. The maximum absolute atomic E-state index is 11.9. The quantitative estimate of drug-likeness (QED) is 0.697. The molecule has 1 aromatic rings. The smallest absolute Gasteiger partial charge is 0.374 e. The molecule has 0 aliphatic heterocycles. The molecular formula is C9H16BN3O2. The number of imidazole rings is 1. The fourth-order valence-electron chi connectivity index (χ4n) is 1.36. The molecule has 1 unspecified atom stereocenters. The number of nitrogens with zero attached hydrogens (tertiary/aromatic N) is 2. The van der Waals surface area contributed by atoms with Gasteiger partial charge in [0.25, 0.3) is 0 Å². The largest absolute Gasteiger partial charge is 0.437 e. The van der Waals surface area contributed by atoms with E-state index < -0.39 is 13.1 Å². The Labute approximate surface area is 89.6 Å². The van der Waals surface area contributed by atoms with E-state index in [2.05, 4.69) is 10.2 Å². The second kappa shape index (κ2) is 5.09. The van der Waals surface area contributed by atoms with Crippen LogP contribution in [0.3, 0.4) is 0 Å². The molecule has 0 spiro atoms. The molecule has 0 radical (unpaired) electrons. The fraction of sp³-hybridized carbons (Fsp3) is 0.556. The summed E-state index contributed by atoms with van der Waals surface area (Å²) in [5, 5.41) is 12.1. The van der Waals surface area contributed by atoms with Crippen LogP contribution >= 0.6 is 0 Å². The summed E-state index contributed by atoms with van der Waals surface area (Å²) < 4.78 is 1.42. The van der Waals surface area contributed by atoms with Crippen LogP contribution in [0.25, 0.3) is 0 Å². The Bertz CT molecular complexity index is 311. The van der Waals surface area contributed by atoms with E-state index in [0.717, 1.165) is 0 Å². The van der Waals surface area contributed by atoms with Gasteiger partial charge in [0.1, 0.15) is 6.33 Å². The van der Waals surface area contributed by atoms with Crippen molar-refractivity contribution in [1.29, 1.82) is 0 Å². The van der Waals surface area contributed by atoms with Gasteiger partial charge in [-0.25, -0.2) is 4.98 Å². The van der Waals surface area contributed by atoms with Crippen LogP contribution in [-0.2, 0) is 0 Å². The van der Waals surface area contributed by atoms with Gasteiger partial charge in [-0.3, -0.25) is 9.36 Å². The summed E-state index contributed by atoms with van der Waals surface area (Å²) in [5.74, 6) is -0.00194. The van der Waals surface area contributed by atoms with Gasteiger partial charge in [-0.05, 0) is 12.7 Å². The van der Waals surface area contributed by atoms with E-state index in [1.807, 2.05) is 13.8 Å². The van der Waals surface area contributed by atoms with E-state index in [4.69, 9.17) is 0 Å². The Morgan fingerprint density at radius 2 is 2.27 bits per heavy atom. The highest BCUT2D eigenvalue weighted by Crippen LogP contribution is 2.05. The van der Waals surface area contributed by atoms with Crippen molar-refractivity contribution in [1.82, 2.24) is 14.8 Å². The maximum atomic E-state index is 11.9. The Kier molecular flexibility index (Phi) is 4.05. The zero-order valence-corrected chi connectivity index (χ0v) is 9.21. The Morgan fingerprint density at radius 1 is 1.60 bits per heavy atom. The molecule has 0 aliphatic rings. The highest BCUT2D eigenvalue weighted by atomic mass is 16.2. The molecule has 0 aromatic carbocycles. The van der Waals surface area contributed by atoms with Crippen LogP contribution in [-0.4, -0.2) is 33.6 Å². The first-order chi connectivity index (χ1) is 7.02. The first-order valence-electron chi connectivity index (χ1n) is 4.98. The first kappa shape index (κ1) is 11.9. The average Bonchev–Trinajstić information content (AvgIpc) is 2.65. The van der Waals surface area contributed by atoms with Crippen LogP contribution in [0, 0.1) is 5.92 Å². The topological polar surface area (TPSA) is 67.2 Å². The summed E-state index contributed by atoms with van der Waals surface area (Å²) in [6.45, 7) is 5.44. The van der Waals surface area contributed by atoms with Gasteiger partial charge in [0.15, 0.2) is 0 Å². The summed E-state index contributed by atoms with van der Waals surface area (Å²) in [6, 6.07) is -0.404. The number of aromatic nitrogens is 2. The van der Waals surface area contributed by atoms with E-state index in [-0.39, 0.29) is 11.8 Å². The second-order valence-electron chi connectivity index (χ2n) is 3.87. The predicted octanol–water partition coefficient (Wildman–Crippen LogP) is 0.248. The molecule has 1 heterocycles. The zero-order chi connectivity index (χ0) is 11.4.